The number of aromatic nitrogens is 1. The van der Waals surface area contributed by atoms with Crippen molar-refractivity contribution in [3.8, 4) is 17.2 Å². The summed E-state index contributed by atoms with van der Waals surface area (Å²) in [7, 11) is 3.16. The second kappa shape index (κ2) is 4.16. The van der Waals surface area contributed by atoms with E-state index in [1.165, 1.54) is 7.11 Å². The van der Waals surface area contributed by atoms with Gasteiger partial charge in [0.1, 0.15) is 11.3 Å². The number of pyridine rings is 1. The zero-order valence-corrected chi connectivity index (χ0v) is 11.0. The first-order valence-electron chi connectivity index (χ1n) is 6.06. The molecule has 0 aliphatic carbocycles. The van der Waals surface area contributed by atoms with Gasteiger partial charge in [-0.05, 0) is 12.1 Å². The summed E-state index contributed by atoms with van der Waals surface area (Å²) in [6, 6.07) is 8.22. The third kappa shape index (κ3) is 1.46. The molecule has 5 nitrogen and oxygen atoms in total. The smallest absolute Gasteiger partial charge is 0.201 e. The van der Waals surface area contributed by atoms with Crippen LogP contribution in [0.4, 0.5) is 0 Å². The average Bonchev–Trinajstić information content (AvgIpc) is 2.44. The predicted octanol–water partition coefficient (Wildman–Crippen LogP) is 2.11. The molecule has 0 fully saturated rings. The van der Waals surface area contributed by atoms with Crippen molar-refractivity contribution in [1.29, 1.82) is 0 Å². The van der Waals surface area contributed by atoms with E-state index in [9.17, 15) is 15.0 Å². The van der Waals surface area contributed by atoms with Gasteiger partial charge in [0.15, 0.2) is 11.5 Å². The van der Waals surface area contributed by atoms with Crippen LogP contribution in [0.5, 0.6) is 17.2 Å². The summed E-state index contributed by atoms with van der Waals surface area (Å²) in [6.07, 6.45) is 0. The van der Waals surface area contributed by atoms with Gasteiger partial charge in [-0.15, -0.1) is 0 Å². The molecular formula is C15H13NO4. The van der Waals surface area contributed by atoms with E-state index in [2.05, 4.69) is 0 Å². The molecule has 5 heteroatoms. The lowest BCUT2D eigenvalue weighted by Gasteiger charge is -2.15. The van der Waals surface area contributed by atoms with Crippen LogP contribution in [0.3, 0.4) is 0 Å². The van der Waals surface area contributed by atoms with E-state index in [1.807, 2.05) is 6.07 Å². The Morgan fingerprint density at radius 1 is 1.15 bits per heavy atom. The van der Waals surface area contributed by atoms with Crippen molar-refractivity contribution in [1.82, 2.24) is 4.57 Å². The molecule has 3 aromatic rings. The Balaban J connectivity index is 2.73. The molecule has 0 bridgehead atoms. The molecule has 1 heterocycles. The Hall–Kier alpha value is -2.69. The van der Waals surface area contributed by atoms with E-state index in [0.29, 0.717) is 16.4 Å². The van der Waals surface area contributed by atoms with Gasteiger partial charge in [-0.1, -0.05) is 12.1 Å². The van der Waals surface area contributed by atoms with Gasteiger partial charge >= 0.3 is 0 Å². The van der Waals surface area contributed by atoms with Crippen LogP contribution in [0.15, 0.2) is 35.1 Å². The minimum Gasteiger partial charge on any atom is -0.507 e. The van der Waals surface area contributed by atoms with Gasteiger partial charge in [0.25, 0.3) is 0 Å². The molecule has 0 spiro atoms. The third-order valence-electron chi connectivity index (χ3n) is 3.49. The van der Waals surface area contributed by atoms with E-state index in [-0.39, 0.29) is 28.1 Å². The molecule has 0 radical (unpaired) electrons. The summed E-state index contributed by atoms with van der Waals surface area (Å²) in [4.78, 5) is 12.5. The molecule has 0 aliphatic rings. The van der Waals surface area contributed by atoms with E-state index in [0.717, 1.165) is 6.07 Å². The zero-order valence-electron chi connectivity index (χ0n) is 11.0. The zero-order chi connectivity index (χ0) is 14.4. The van der Waals surface area contributed by atoms with Crippen LogP contribution < -0.4 is 10.2 Å². The van der Waals surface area contributed by atoms with Gasteiger partial charge in [-0.25, -0.2) is 0 Å². The molecule has 0 saturated heterocycles. The minimum atomic E-state index is -0.287. The molecule has 1 aromatic heterocycles. The van der Waals surface area contributed by atoms with E-state index >= 15 is 0 Å². The molecule has 2 aromatic carbocycles. The number of para-hydroxylation sites is 1. The van der Waals surface area contributed by atoms with Crippen LogP contribution in [0.25, 0.3) is 21.8 Å². The third-order valence-corrected chi connectivity index (χ3v) is 3.49. The van der Waals surface area contributed by atoms with Gasteiger partial charge in [-0.2, -0.15) is 0 Å². The Morgan fingerprint density at radius 3 is 2.55 bits per heavy atom. The first kappa shape index (κ1) is 12.3. The van der Waals surface area contributed by atoms with Gasteiger partial charge in [0, 0.05) is 18.5 Å². The van der Waals surface area contributed by atoms with Crippen molar-refractivity contribution in [2.24, 2.45) is 7.05 Å². The molecule has 20 heavy (non-hydrogen) atoms. The number of fused-ring (bicyclic) bond motifs is 2. The van der Waals surface area contributed by atoms with Crippen molar-refractivity contribution in [2.75, 3.05) is 7.11 Å². The lowest BCUT2D eigenvalue weighted by molar-refractivity contribution is 0.373. The van der Waals surface area contributed by atoms with Crippen molar-refractivity contribution in [3.05, 3.63) is 40.6 Å². The highest BCUT2D eigenvalue weighted by Gasteiger charge is 2.19. The highest BCUT2D eigenvalue weighted by atomic mass is 16.5. The first-order valence-corrected chi connectivity index (χ1v) is 6.06. The quantitative estimate of drug-likeness (QED) is 0.665. The summed E-state index contributed by atoms with van der Waals surface area (Å²) < 4.78 is 6.90. The highest BCUT2D eigenvalue weighted by molar-refractivity contribution is 6.00. The summed E-state index contributed by atoms with van der Waals surface area (Å²) in [5, 5.41) is 20.5. The standard InChI is InChI=1S/C15H13NO4/c1-16-9-6-4-3-5-8(9)14(19)12-10(17)7-11(18)15(20-2)13(12)16/h3-7,17-18H,1-2H3. The summed E-state index contributed by atoms with van der Waals surface area (Å²) in [6.45, 7) is 0. The lowest BCUT2D eigenvalue weighted by Crippen LogP contribution is -2.10. The molecule has 102 valence electrons. The number of phenols is 2. The first-order chi connectivity index (χ1) is 9.56. The number of ether oxygens (including phenoxy) is 1. The number of rotatable bonds is 1. The Morgan fingerprint density at radius 2 is 1.85 bits per heavy atom. The number of aryl methyl sites for hydroxylation is 1. The summed E-state index contributed by atoms with van der Waals surface area (Å²) >= 11 is 0. The maximum absolute atomic E-state index is 12.5. The molecule has 0 aliphatic heterocycles. The van der Waals surface area contributed by atoms with E-state index in [4.69, 9.17) is 4.74 Å². The van der Waals surface area contributed by atoms with Gasteiger partial charge in [0.05, 0.1) is 18.0 Å². The van der Waals surface area contributed by atoms with Gasteiger partial charge in [0.2, 0.25) is 5.43 Å². The number of hydrogen-bond acceptors (Lipinski definition) is 4. The molecular weight excluding hydrogens is 258 g/mol. The molecule has 0 amide bonds. The summed E-state index contributed by atoms with van der Waals surface area (Å²) in [5.41, 5.74) is 0.784. The van der Waals surface area contributed by atoms with Crippen LogP contribution in [-0.4, -0.2) is 21.9 Å². The summed E-state index contributed by atoms with van der Waals surface area (Å²) in [5.74, 6) is -0.296. The predicted molar refractivity (Wildman–Crippen MR) is 76.6 cm³/mol. The number of methoxy groups -OCH3 is 1. The fourth-order valence-electron chi connectivity index (χ4n) is 2.58. The largest absolute Gasteiger partial charge is 0.507 e. The van der Waals surface area contributed by atoms with Crippen LogP contribution in [0, 0.1) is 0 Å². The fraction of sp³-hybridized carbons (Fsp3) is 0.133. The number of phenolic OH excluding ortho intramolecular Hbond substituents is 2. The number of hydrogen-bond donors (Lipinski definition) is 2. The average molecular weight is 271 g/mol. The van der Waals surface area contributed by atoms with Crippen LogP contribution in [0.1, 0.15) is 0 Å². The van der Waals surface area contributed by atoms with Crippen molar-refractivity contribution < 1.29 is 14.9 Å². The van der Waals surface area contributed by atoms with Crippen molar-refractivity contribution in [3.63, 3.8) is 0 Å². The molecule has 2 N–H and O–H groups in total. The molecule has 0 unspecified atom stereocenters. The lowest BCUT2D eigenvalue weighted by atomic mass is 10.1. The monoisotopic (exact) mass is 271 g/mol. The Kier molecular flexibility index (Phi) is 2.57. The van der Waals surface area contributed by atoms with Crippen LogP contribution in [0.2, 0.25) is 0 Å². The molecule has 3 rings (SSSR count). The maximum atomic E-state index is 12.5. The highest BCUT2D eigenvalue weighted by Crippen LogP contribution is 2.39. The SMILES string of the molecule is COc1c(O)cc(O)c2c(=O)c3ccccc3n(C)c12. The number of nitrogens with zero attached hydrogens (tertiary/aromatic N) is 1. The molecule has 0 saturated carbocycles. The van der Waals surface area contributed by atoms with Gasteiger partial charge in [-0.3, -0.25) is 4.79 Å². The van der Waals surface area contributed by atoms with Crippen LogP contribution >= 0.6 is 0 Å². The topological polar surface area (TPSA) is 71.7 Å². The minimum absolute atomic E-state index is 0.140. The number of aromatic hydroxyl groups is 2. The van der Waals surface area contributed by atoms with E-state index < -0.39 is 0 Å². The van der Waals surface area contributed by atoms with Crippen LogP contribution in [-0.2, 0) is 7.05 Å². The number of benzene rings is 2. The Labute approximate surface area is 114 Å². The Bertz CT molecular complexity index is 896. The van der Waals surface area contributed by atoms with E-state index in [1.54, 1.807) is 29.8 Å². The second-order valence-electron chi connectivity index (χ2n) is 4.58. The van der Waals surface area contributed by atoms with Crippen molar-refractivity contribution in [2.45, 2.75) is 0 Å². The normalized spacial score (nSPS) is 11.1. The maximum Gasteiger partial charge on any atom is 0.201 e. The van der Waals surface area contributed by atoms with Gasteiger partial charge < -0.3 is 19.5 Å². The molecule has 0 atom stereocenters. The fourth-order valence-corrected chi connectivity index (χ4v) is 2.58. The second-order valence-corrected chi connectivity index (χ2v) is 4.58. The van der Waals surface area contributed by atoms with Crippen molar-refractivity contribution >= 4 is 21.8 Å².